The molecule has 0 saturated heterocycles. The van der Waals surface area contributed by atoms with Gasteiger partial charge in [-0.05, 0) is 30.3 Å². The van der Waals surface area contributed by atoms with Gasteiger partial charge < -0.3 is 4.42 Å². The van der Waals surface area contributed by atoms with Gasteiger partial charge in [0.05, 0.1) is 5.69 Å². The van der Waals surface area contributed by atoms with Gasteiger partial charge in [-0.2, -0.15) is 5.10 Å². The number of hydrogen-bond donors (Lipinski definition) is 0. The predicted molar refractivity (Wildman–Crippen MR) is 79.1 cm³/mol. The van der Waals surface area contributed by atoms with Gasteiger partial charge in [-0.1, -0.05) is 18.2 Å². The Balaban J connectivity index is 1.87. The predicted octanol–water partition coefficient (Wildman–Crippen LogP) is 3.38. The number of hydrogen-bond acceptors (Lipinski definition) is 4. The van der Waals surface area contributed by atoms with Crippen molar-refractivity contribution in [1.82, 2.24) is 19.7 Å². The molecule has 5 nitrogen and oxygen atoms in total. The lowest BCUT2D eigenvalue weighted by Crippen LogP contribution is -1.98. The van der Waals surface area contributed by atoms with Crippen molar-refractivity contribution in [1.29, 1.82) is 0 Å². The summed E-state index contributed by atoms with van der Waals surface area (Å²) in [5.74, 6) is 1.43. The lowest BCUT2D eigenvalue weighted by Gasteiger charge is -2.05. The van der Waals surface area contributed by atoms with Crippen molar-refractivity contribution in [3.05, 3.63) is 60.7 Å². The normalized spacial score (nSPS) is 11.1. The summed E-state index contributed by atoms with van der Waals surface area (Å²) in [6.07, 6.45) is 1.55. The fraction of sp³-hybridized carbons (Fsp3) is 0.0625. The third-order valence-corrected chi connectivity index (χ3v) is 3.30. The first-order chi connectivity index (χ1) is 10.3. The number of aromatic nitrogens is 4. The van der Waals surface area contributed by atoms with E-state index < -0.39 is 0 Å². The Morgan fingerprint density at radius 1 is 1.05 bits per heavy atom. The molecule has 21 heavy (non-hydrogen) atoms. The first-order valence-electron chi connectivity index (χ1n) is 6.64. The summed E-state index contributed by atoms with van der Waals surface area (Å²) in [7, 11) is 0. The molecule has 2 aromatic heterocycles. The number of oxazole rings is 1. The number of aryl methyl sites for hydroxylation is 1. The molecule has 102 valence electrons. The SMILES string of the molecule is Cc1nc2ccc(-c3ncnn3-c3ccccc3)cc2o1. The summed E-state index contributed by atoms with van der Waals surface area (Å²) in [5.41, 5.74) is 3.52. The van der Waals surface area contributed by atoms with E-state index in [1.807, 2.05) is 60.1 Å². The number of rotatable bonds is 2. The molecule has 0 spiro atoms. The molecule has 4 rings (SSSR count). The van der Waals surface area contributed by atoms with Crippen LogP contribution in [0.3, 0.4) is 0 Å². The maximum atomic E-state index is 5.58. The molecule has 0 radical (unpaired) electrons. The van der Waals surface area contributed by atoms with E-state index in [4.69, 9.17) is 4.42 Å². The molecule has 0 N–H and O–H groups in total. The third kappa shape index (κ3) is 1.99. The van der Waals surface area contributed by atoms with Crippen LogP contribution in [-0.4, -0.2) is 19.7 Å². The van der Waals surface area contributed by atoms with Gasteiger partial charge in [0.2, 0.25) is 0 Å². The van der Waals surface area contributed by atoms with E-state index in [1.54, 1.807) is 6.33 Å². The standard InChI is InChI=1S/C16H12N4O/c1-11-19-14-8-7-12(9-15(14)21-11)16-17-10-18-20(16)13-5-3-2-4-6-13/h2-10H,1H3. The van der Waals surface area contributed by atoms with Gasteiger partial charge in [0, 0.05) is 12.5 Å². The maximum Gasteiger partial charge on any atom is 0.192 e. The van der Waals surface area contributed by atoms with Crippen LogP contribution < -0.4 is 0 Å². The number of fused-ring (bicyclic) bond motifs is 1. The quantitative estimate of drug-likeness (QED) is 0.563. The zero-order valence-electron chi connectivity index (χ0n) is 11.4. The highest BCUT2D eigenvalue weighted by Crippen LogP contribution is 2.24. The van der Waals surface area contributed by atoms with Crippen molar-refractivity contribution in [3.8, 4) is 17.1 Å². The Morgan fingerprint density at radius 2 is 1.90 bits per heavy atom. The topological polar surface area (TPSA) is 56.7 Å². The van der Waals surface area contributed by atoms with Gasteiger partial charge in [0.15, 0.2) is 17.3 Å². The van der Waals surface area contributed by atoms with Crippen LogP contribution in [0.5, 0.6) is 0 Å². The van der Waals surface area contributed by atoms with Gasteiger partial charge in [-0.15, -0.1) is 0 Å². The average Bonchev–Trinajstić information content (AvgIpc) is 3.12. The van der Waals surface area contributed by atoms with Gasteiger partial charge >= 0.3 is 0 Å². The minimum absolute atomic E-state index is 0.659. The van der Waals surface area contributed by atoms with Gasteiger partial charge in [-0.3, -0.25) is 0 Å². The summed E-state index contributed by atoms with van der Waals surface area (Å²) in [6.45, 7) is 1.84. The molecule has 4 aromatic rings. The number of benzene rings is 2. The maximum absolute atomic E-state index is 5.58. The van der Waals surface area contributed by atoms with Crippen molar-refractivity contribution in [2.75, 3.05) is 0 Å². The van der Waals surface area contributed by atoms with Crippen LogP contribution in [0.1, 0.15) is 5.89 Å². The highest BCUT2D eigenvalue weighted by atomic mass is 16.3. The second-order valence-corrected chi connectivity index (χ2v) is 4.75. The molecule has 2 heterocycles. The molecule has 0 aliphatic carbocycles. The smallest absolute Gasteiger partial charge is 0.192 e. The molecule has 0 bridgehead atoms. The van der Waals surface area contributed by atoms with Crippen LogP contribution in [0, 0.1) is 6.92 Å². The Bertz CT molecular complexity index is 908. The summed E-state index contributed by atoms with van der Waals surface area (Å²) in [4.78, 5) is 8.67. The van der Waals surface area contributed by atoms with E-state index in [0.717, 1.165) is 28.2 Å². The molecule has 0 aliphatic heterocycles. The molecule has 2 aromatic carbocycles. The zero-order chi connectivity index (χ0) is 14.2. The average molecular weight is 276 g/mol. The van der Waals surface area contributed by atoms with Gasteiger partial charge in [0.1, 0.15) is 11.8 Å². The Morgan fingerprint density at radius 3 is 2.76 bits per heavy atom. The molecule has 0 unspecified atom stereocenters. The van der Waals surface area contributed by atoms with E-state index in [1.165, 1.54) is 0 Å². The van der Waals surface area contributed by atoms with Crippen LogP contribution in [-0.2, 0) is 0 Å². The van der Waals surface area contributed by atoms with Crippen LogP contribution >= 0.6 is 0 Å². The summed E-state index contributed by atoms with van der Waals surface area (Å²) in [6, 6.07) is 15.8. The number of para-hydroxylation sites is 1. The monoisotopic (exact) mass is 276 g/mol. The Kier molecular flexibility index (Phi) is 2.57. The highest BCUT2D eigenvalue weighted by molar-refractivity contribution is 5.78. The van der Waals surface area contributed by atoms with Crippen molar-refractivity contribution in [2.45, 2.75) is 6.92 Å². The summed E-state index contributed by atoms with van der Waals surface area (Å²) < 4.78 is 7.39. The third-order valence-electron chi connectivity index (χ3n) is 3.30. The van der Waals surface area contributed by atoms with E-state index >= 15 is 0 Å². The van der Waals surface area contributed by atoms with Crippen molar-refractivity contribution in [3.63, 3.8) is 0 Å². The van der Waals surface area contributed by atoms with Crippen LogP contribution in [0.2, 0.25) is 0 Å². The second-order valence-electron chi connectivity index (χ2n) is 4.75. The molecule has 0 aliphatic rings. The van der Waals surface area contributed by atoms with E-state index in [-0.39, 0.29) is 0 Å². The summed E-state index contributed by atoms with van der Waals surface area (Å²) >= 11 is 0. The lowest BCUT2D eigenvalue weighted by atomic mass is 10.2. The molecule has 5 heteroatoms. The highest BCUT2D eigenvalue weighted by Gasteiger charge is 2.11. The van der Waals surface area contributed by atoms with Gasteiger partial charge in [0.25, 0.3) is 0 Å². The first kappa shape index (κ1) is 11.8. The van der Waals surface area contributed by atoms with Crippen LogP contribution in [0.15, 0.2) is 59.3 Å². The van der Waals surface area contributed by atoms with E-state index in [0.29, 0.717) is 5.89 Å². The fourth-order valence-corrected chi connectivity index (χ4v) is 2.38. The Hall–Kier alpha value is -2.95. The minimum atomic E-state index is 0.659. The van der Waals surface area contributed by atoms with Crippen LogP contribution in [0.4, 0.5) is 0 Å². The van der Waals surface area contributed by atoms with Gasteiger partial charge in [-0.25, -0.2) is 14.6 Å². The molecular formula is C16H12N4O. The second kappa shape index (κ2) is 4.56. The number of nitrogens with zero attached hydrogens (tertiary/aromatic N) is 4. The van der Waals surface area contributed by atoms with Crippen LogP contribution in [0.25, 0.3) is 28.2 Å². The van der Waals surface area contributed by atoms with Crippen molar-refractivity contribution in [2.24, 2.45) is 0 Å². The van der Waals surface area contributed by atoms with E-state index in [9.17, 15) is 0 Å². The van der Waals surface area contributed by atoms with E-state index in [2.05, 4.69) is 15.1 Å². The molecule has 0 saturated carbocycles. The van der Waals surface area contributed by atoms with Crippen molar-refractivity contribution < 1.29 is 4.42 Å². The molecular weight excluding hydrogens is 264 g/mol. The van der Waals surface area contributed by atoms with Crippen molar-refractivity contribution >= 4 is 11.1 Å². The largest absolute Gasteiger partial charge is 0.441 e. The fourth-order valence-electron chi connectivity index (χ4n) is 2.38. The molecule has 0 atom stereocenters. The first-order valence-corrected chi connectivity index (χ1v) is 6.64. The minimum Gasteiger partial charge on any atom is -0.441 e. The molecule has 0 amide bonds. The Labute approximate surface area is 120 Å². The molecule has 0 fully saturated rings. The zero-order valence-corrected chi connectivity index (χ0v) is 11.4. The lowest BCUT2D eigenvalue weighted by molar-refractivity contribution is 0.561. The summed E-state index contributed by atoms with van der Waals surface area (Å²) in [5, 5.41) is 4.31.